The molecule has 0 aromatic heterocycles. The fourth-order valence-electron chi connectivity index (χ4n) is 2.14. The van der Waals surface area contributed by atoms with E-state index in [0.29, 0.717) is 6.04 Å². The molecule has 1 fully saturated rings. The van der Waals surface area contributed by atoms with Crippen molar-refractivity contribution in [3.05, 3.63) is 35.9 Å². The molecule has 88 valence electrons. The Kier molecular flexibility index (Phi) is 4.34. The summed E-state index contributed by atoms with van der Waals surface area (Å²) in [5, 5.41) is 3.56. The molecule has 1 saturated heterocycles. The molecular formula is C13H20N2O. The van der Waals surface area contributed by atoms with E-state index in [1.54, 1.807) is 7.11 Å². The highest BCUT2D eigenvalue weighted by atomic mass is 16.5. The average Bonchev–Trinajstić information content (AvgIpc) is 2.38. The van der Waals surface area contributed by atoms with Crippen LogP contribution in [0, 0.1) is 0 Å². The molecule has 1 aromatic rings. The van der Waals surface area contributed by atoms with Gasteiger partial charge in [0.2, 0.25) is 0 Å². The van der Waals surface area contributed by atoms with Gasteiger partial charge in [0.25, 0.3) is 0 Å². The molecule has 0 spiro atoms. The summed E-state index contributed by atoms with van der Waals surface area (Å²) in [6.45, 7) is 5.10. The Morgan fingerprint density at radius 3 is 2.94 bits per heavy atom. The van der Waals surface area contributed by atoms with Crippen molar-refractivity contribution in [3.63, 3.8) is 0 Å². The van der Waals surface area contributed by atoms with Crippen LogP contribution in [0.2, 0.25) is 0 Å². The van der Waals surface area contributed by atoms with E-state index in [-0.39, 0.29) is 0 Å². The molecule has 1 unspecified atom stereocenters. The van der Waals surface area contributed by atoms with Gasteiger partial charge < -0.3 is 10.1 Å². The van der Waals surface area contributed by atoms with E-state index in [2.05, 4.69) is 40.5 Å². The van der Waals surface area contributed by atoms with Crippen LogP contribution in [0.3, 0.4) is 0 Å². The Bertz CT molecular complexity index is 302. The largest absolute Gasteiger partial charge is 0.383 e. The third-order valence-corrected chi connectivity index (χ3v) is 3.07. The number of benzene rings is 1. The number of piperazine rings is 1. The molecule has 0 saturated carbocycles. The molecule has 3 heteroatoms. The first-order valence-electron chi connectivity index (χ1n) is 5.90. The number of methoxy groups -OCH3 is 1. The van der Waals surface area contributed by atoms with Crippen LogP contribution in [0.1, 0.15) is 11.6 Å². The molecule has 1 N–H and O–H groups in total. The summed E-state index contributed by atoms with van der Waals surface area (Å²) in [7, 11) is 1.76. The Morgan fingerprint density at radius 2 is 2.19 bits per heavy atom. The first-order valence-corrected chi connectivity index (χ1v) is 5.90. The number of ether oxygens (including phenoxy) is 1. The van der Waals surface area contributed by atoms with Crippen molar-refractivity contribution in [2.24, 2.45) is 0 Å². The minimum atomic E-state index is 0.465. The van der Waals surface area contributed by atoms with Gasteiger partial charge in [0, 0.05) is 39.3 Å². The molecule has 3 nitrogen and oxygen atoms in total. The molecule has 1 heterocycles. The van der Waals surface area contributed by atoms with Gasteiger partial charge in [0.1, 0.15) is 0 Å². The molecule has 0 radical (unpaired) electrons. The van der Waals surface area contributed by atoms with Crippen LogP contribution in [-0.4, -0.2) is 44.8 Å². The quantitative estimate of drug-likeness (QED) is 0.827. The van der Waals surface area contributed by atoms with Gasteiger partial charge in [0.05, 0.1) is 6.61 Å². The Labute approximate surface area is 97.4 Å². The zero-order valence-electron chi connectivity index (χ0n) is 9.86. The zero-order chi connectivity index (χ0) is 11.2. The molecule has 0 bridgehead atoms. The minimum Gasteiger partial charge on any atom is -0.383 e. The van der Waals surface area contributed by atoms with Crippen LogP contribution in [-0.2, 0) is 4.74 Å². The number of rotatable bonds is 4. The highest BCUT2D eigenvalue weighted by Crippen LogP contribution is 2.16. The van der Waals surface area contributed by atoms with E-state index >= 15 is 0 Å². The summed E-state index contributed by atoms with van der Waals surface area (Å²) in [5.74, 6) is 0. The second kappa shape index (κ2) is 5.99. The second-order valence-corrected chi connectivity index (χ2v) is 4.21. The third kappa shape index (κ3) is 3.04. The van der Waals surface area contributed by atoms with Gasteiger partial charge in [-0.1, -0.05) is 30.3 Å². The summed E-state index contributed by atoms with van der Waals surface area (Å²) < 4.78 is 5.12. The van der Waals surface area contributed by atoms with Crippen LogP contribution < -0.4 is 5.32 Å². The molecule has 1 aliphatic rings. The first-order chi connectivity index (χ1) is 7.90. The summed E-state index contributed by atoms with van der Waals surface area (Å²) in [4.78, 5) is 2.46. The molecular weight excluding hydrogens is 200 g/mol. The lowest BCUT2D eigenvalue weighted by Crippen LogP contribution is -2.46. The van der Waals surface area contributed by atoms with Crippen molar-refractivity contribution in [2.75, 3.05) is 39.9 Å². The van der Waals surface area contributed by atoms with Crippen LogP contribution in [0.5, 0.6) is 0 Å². The Hall–Kier alpha value is -0.900. The lowest BCUT2D eigenvalue weighted by atomic mass is 10.0. The van der Waals surface area contributed by atoms with Gasteiger partial charge in [-0.15, -0.1) is 0 Å². The maximum absolute atomic E-state index is 5.12. The van der Waals surface area contributed by atoms with Gasteiger partial charge in [-0.05, 0) is 5.56 Å². The Balaban J connectivity index is 1.91. The molecule has 1 aromatic carbocycles. The standard InChI is InChI=1S/C13H20N2O/c1-16-10-9-15-8-7-14-13(11-15)12-5-3-2-4-6-12/h2-6,13-14H,7-11H2,1H3. The maximum Gasteiger partial charge on any atom is 0.0589 e. The zero-order valence-corrected chi connectivity index (χ0v) is 9.86. The molecule has 2 rings (SSSR count). The van der Waals surface area contributed by atoms with Crippen molar-refractivity contribution < 1.29 is 4.74 Å². The van der Waals surface area contributed by atoms with Gasteiger partial charge in [-0.25, -0.2) is 0 Å². The Morgan fingerprint density at radius 1 is 1.38 bits per heavy atom. The molecule has 1 atom stereocenters. The van der Waals surface area contributed by atoms with Crippen molar-refractivity contribution in [2.45, 2.75) is 6.04 Å². The number of nitrogens with zero attached hydrogens (tertiary/aromatic N) is 1. The smallest absolute Gasteiger partial charge is 0.0589 e. The van der Waals surface area contributed by atoms with Crippen molar-refractivity contribution in [3.8, 4) is 0 Å². The highest BCUT2D eigenvalue weighted by molar-refractivity contribution is 5.19. The number of hydrogen-bond acceptors (Lipinski definition) is 3. The maximum atomic E-state index is 5.12. The fourth-order valence-corrected chi connectivity index (χ4v) is 2.14. The van der Waals surface area contributed by atoms with Crippen molar-refractivity contribution in [1.82, 2.24) is 10.2 Å². The normalized spacial score (nSPS) is 22.2. The monoisotopic (exact) mass is 220 g/mol. The summed E-state index contributed by atoms with van der Waals surface area (Å²) in [6, 6.07) is 11.1. The van der Waals surface area contributed by atoms with Crippen LogP contribution in [0.25, 0.3) is 0 Å². The van der Waals surface area contributed by atoms with Crippen LogP contribution in [0.15, 0.2) is 30.3 Å². The lowest BCUT2D eigenvalue weighted by Gasteiger charge is -2.33. The SMILES string of the molecule is COCCN1CCNC(c2ccccc2)C1. The molecule has 16 heavy (non-hydrogen) atoms. The predicted octanol–water partition coefficient (Wildman–Crippen LogP) is 1.28. The predicted molar refractivity (Wildman–Crippen MR) is 65.5 cm³/mol. The van der Waals surface area contributed by atoms with E-state index in [0.717, 1.165) is 32.8 Å². The first kappa shape index (κ1) is 11.6. The summed E-state index contributed by atoms with van der Waals surface area (Å²) in [5.41, 5.74) is 1.38. The lowest BCUT2D eigenvalue weighted by molar-refractivity contribution is 0.126. The van der Waals surface area contributed by atoms with Gasteiger partial charge >= 0.3 is 0 Å². The molecule has 0 aliphatic carbocycles. The van der Waals surface area contributed by atoms with Crippen LogP contribution >= 0.6 is 0 Å². The number of hydrogen-bond donors (Lipinski definition) is 1. The van der Waals surface area contributed by atoms with Gasteiger partial charge in [-0.3, -0.25) is 4.90 Å². The number of nitrogens with one attached hydrogen (secondary N) is 1. The highest BCUT2D eigenvalue weighted by Gasteiger charge is 2.19. The average molecular weight is 220 g/mol. The third-order valence-electron chi connectivity index (χ3n) is 3.07. The molecule has 0 amide bonds. The van der Waals surface area contributed by atoms with Gasteiger partial charge in [0.15, 0.2) is 0 Å². The van der Waals surface area contributed by atoms with E-state index in [9.17, 15) is 0 Å². The van der Waals surface area contributed by atoms with Crippen LogP contribution in [0.4, 0.5) is 0 Å². The second-order valence-electron chi connectivity index (χ2n) is 4.21. The topological polar surface area (TPSA) is 24.5 Å². The van der Waals surface area contributed by atoms with E-state index in [1.165, 1.54) is 5.56 Å². The van der Waals surface area contributed by atoms with E-state index < -0.39 is 0 Å². The van der Waals surface area contributed by atoms with E-state index in [4.69, 9.17) is 4.74 Å². The van der Waals surface area contributed by atoms with E-state index in [1.807, 2.05) is 0 Å². The summed E-state index contributed by atoms with van der Waals surface area (Å²) in [6.07, 6.45) is 0. The minimum absolute atomic E-state index is 0.465. The van der Waals surface area contributed by atoms with Crippen molar-refractivity contribution in [1.29, 1.82) is 0 Å². The summed E-state index contributed by atoms with van der Waals surface area (Å²) >= 11 is 0. The molecule has 1 aliphatic heterocycles. The van der Waals surface area contributed by atoms with Gasteiger partial charge in [-0.2, -0.15) is 0 Å². The fraction of sp³-hybridized carbons (Fsp3) is 0.538. The van der Waals surface area contributed by atoms with Crippen molar-refractivity contribution >= 4 is 0 Å².